The van der Waals surface area contributed by atoms with Crippen LogP contribution < -0.4 is 10.6 Å². The number of amides is 2. The summed E-state index contributed by atoms with van der Waals surface area (Å²) in [6.45, 7) is 2.55. The van der Waals surface area contributed by atoms with E-state index in [0.29, 0.717) is 12.1 Å². The normalized spacial score (nSPS) is 17.3. The van der Waals surface area contributed by atoms with Crippen molar-refractivity contribution < 1.29 is 9.59 Å². The third-order valence-corrected chi connectivity index (χ3v) is 5.95. The highest BCUT2D eigenvalue weighted by atomic mass is 16.2. The highest BCUT2D eigenvalue weighted by Crippen LogP contribution is 2.31. The Morgan fingerprint density at radius 3 is 2.86 bits per heavy atom. The van der Waals surface area contributed by atoms with Gasteiger partial charge < -0.3 is 20.5 Å². The maximum Gasteiger partial charge on any atom is 0.253 e. The number of pyridine rings is 1. The molecule has 0 aliphatic carbocycles. The first kappa shape index (κ1) is 17.9. The van der Waals surface area contributed by atoms with Gasteiger partial charge in [-0.2, -0.15) is 0 Å². The molecule has 2 amide bonds. The fourth-order valence-electron chi connectivity index (χ4n) is 4.19. The van der Waals surface area contributed by atoms with E-state index in [1.54, 1.807) is 6.20 Å². The van der Waals surface area contributed by atoms with Gasteiger partial charge in [0.1, 0.15) is 5.65 Å². The summed E-state index contributed by atoms with van der Waals surface area (Å²) < 4.78 is 0. The Hall–Kier alpha value is -3.19. The van der Waals surface area contributed by atoms with Crippen molar-refractivity contribution in [3.05, 3.63) is 53.3 Å². The van der Waals surface area contributed by atoms with Crippen LogP contribution in [0.1, 0.15) is 39.1 Å². The zero-order chi connectivity index (χ0) is 20.0. The molecular formula is C22H23N5O2. The molecule has 148 valence electrons. The molecule has 0 atom stereocenters. The maximum absolute atomic E-state index is 12.8. The molecule has 5 rings (SSSR count). The molecule has 7 nitrogen and oxygen atoms in total. The Bertz CT molecular complexity index is 1110. The number of carbonyl (C=O) groups excluding carboxylic acids is 2. The molecule has 0 bridgehead atoms. The van der Waals surface area contributed by atoms with E-state index < -0.39 is 0 Å². The van der Waals surface area contributed by atoms with Gasteiger partial charge >= 0.3 is 0 Å². The monoisotopic (exact) mass is 389 g/mol. The van der Waals surface area contributed by atoms with Gasteiger partial charge in [-0.05, 0) is 62.3 Å². The van der Waals surface area contributed by atoms with Gasteiger partial charge in [-0.3, -0.25) is 9.59 Å². The van der Waals surface area contributed by atoms with Crippen LogP contribution in [0.15, 0.2) is 36.7 Å². The second-order valence-corrected chi connectivity index (χ2v) is 7.93. The van der Waals surface area contributed by atoms with Crippen LogP contribution in [0, 0.1) is 0 Å². The topological polar surface area (TPSA) is 90.1 Å². The van der Waals surface area contributed by atoms with Gasteiger partial charge in [0.25, 0.3) is 11.8 Å². The molecular weight excluding hydrogens is 366 g/mol. The van der Waals surface area contributed by atoms with E-state index in [4.69, 9.17) is 0 Å². The number of hydrogen-bond donors (Lipinski definition) is 3. The standard InChI is InChI=1S/C22H23N5O2/c1-27-6-4-16(5-7-27)26-21(28)15-9-18-19(12-24-20(18)23-11-15)13-2-3-17-14(8-13)10-25-22(17)29/h2-3,8-9,11-12,16H,4-7,10H2,1H3,(H,23,24)(H,25,29)(H,26,28). The molecule has 0 saturated carbocycles. The lowest BCUT2D eigenvalue weighted by Gasteiger charge is -2.29. The van der Waals surface area contributed by atoms with Crippen LogP contribution in [0.25, 0.3) is 22.2 Å². The van der Waals surface area contributed by atoms with Gasteiger partial charge in [0.2, 0.25) is 0 Å². The predicted octanol–water partition coefficient (Wildman–Crippen LogP) is 2.30. The minimum Gasteiger partial charge on any atom is -0.349 e. The number of fused-ring (bicyclic) bond motifs is 2. The van der Waals surface area contributed by atoms with Crippen molar-refractivity contribution in [3.8, 4) is 11.1 Å². The summed E-state index contributed by atoms with van der Waals surface area (Å²) in [7, 11) is 2.11. The number of carbonyl (C=O) groups is 2. The van der Waals surface area contributed by atoms with Gasteiger partial charge in [-0.15, -0.1) is 0 Å². The number of H-pyrrole nitrogens is 1. The quantitative estimate of drug-likeness (QED) is 0.641. The van der Waals surface area contributed by atoms with Crippen LogP contribution in [0.5, 0.6) is 0 Å². The fourth-order valence-corrected chi connectivity index (χ4v) is 4.19. The summed E-state index contributed by atoms with van der Waals surface area (Å²) in [4.78, 5) is 34.5. The summed E-state index contributed by atoms with van der Waals surface area (Å²) in [5, 5.41) is 6.90. The third-order valence-electron chi connectivity index (χ3n) is 5.95. The molecule has 0 unspecified atom stereocenters. The lowest BCUT2D eigenvalue weighted by atomic mass is 10.00. The molecule has 0 spiro atoms. The van der Waals surface area contributed by atoms with Gasteiger partial charge in [0, 0.05) is 41.5 Å². The number of aromatic amines is 1. The van der Waals surface area contributed by atoms with Gasteiger partial charge in [-0.1, -0.05) is 6.07 Å². The second kappa shape index (κ2) is 7.00. The first-order valence-corrected chi connectivity index (χ1v) is 9.96. The zero-order valence-electron chi connectivity index (χ0n) is 16.3. The lowest BCUT2D eigenvalue weighted by Crippen LogP contribution is -2.43. The van der Waals surface area contributed by atoms with E-state index in [1.165, 1.54) is 0 Å². The fraction of sp³-hybridized carbons (Fsp3) is 0.318. The molecule has 3 aromatic rings. The average Bonchev–Trinajstić information content (AvgIpc) is 3.32. The number of likely N-dealkylation sites (tertiary alicyclic amines) is 1. The third kappa shape index (κ3) is 3.27. The summed E-state index contributed by atoms with van der Waals surface area (Å²) in [6, 6.07) is 7.94. The maximum atomic E-state index is 12.8. The smallest absolute Gasteiger partial charge is 0.253 e. The van der Waals surface area contributed by atoms with Crippen LogP contribution >= 0.6 is 0 Å². The minimum atomic E-state index is -0.0788. The largest absolute Gasteiger partial charge is 0.349 e. The van der Waals surface area contributed by atoms with E-state index in [9.17, 15) is 9.59 Å². The van der Waals surface area contributed by atoms with Crippen molar-refractivity contribution in [1.29, 1.82) is 0 Å². The highest BCUT2D eigenvalue weighted by molar-refractivity contribution is 6.02. The molecule has 4 heterocycles. The summed E-state index contributed by atoms with van der Waals surface area (Å²) in [6.07, 6.45) is 5.46. The summed E-state index contributed by atoms with van der Waals surface area (Å²) in [5.41, 5.74) is 5.00. The van der Waals surface area contributed by atoms with Crippen LogP contribution in [0.2, 0.25) is 0 Å². The second-order valence-electron chi connectivity index (χ2n) is 7.93. The highest BCUT2D eigenvalue weighted by Gasteiger charge is 2.21. The van der Waals surface area contributed by atoms with Crippen molar-refractivity contribution in [2.45, 2.75) is 25.4 Å². The predicted molar refractivity (Wildman–Crippen MR) is 111 cm³/mol. The van der Waals surface area contributed by atoms with E-state index in [0.717, 1.165) is 59.2 Å². The number of nitrogens with zero attached hydrogens (tertiary/aromatic N) is 2. The Balaban J connectivity index is 1.43. The van der Waals surface area contributed by atoms with Crippen molar-refractivity contribution in [2.24, 2.45) is 0 Å². The number of rotatable bonds is 3. The first-order chi connectivity index (χ1) is 14.1. The Morgan fingerprint density at radius 1 is 1.21 bits per heavy atom. The van der Waals surface area contributed by atoms with Crippen molar-refractivity contribution in [3.63, 3.8) is 0 Å². The van der Waals surface area contributed by atoms with Crippen molar-refractivity contribution in [2.75, 3.05) is 20.1 Å². The molecule has 2 aliphatic heterocycles. The summed E-state index contributed by atoms with van der Waals surface area (Å²) >= 11 is 0. The SMILES string of the molecule is CN1CCC(NC(=O)c2cnc3[nH]cc(-c4ccc5c(c4)CNC5=O)c3c2)CC1. The average molecular weight is 389 g/mol. The molecule has 0 radical (unpaired) electrons. The number of hydrogen-bond acceptors (Lipinski definition) is 4. The van der Waals surface area contributed by atoms with Gasteiger partial charge in [-0.25, -0.2) is 4.98 Å². The minimum absolute atomic E-state index is 0.0278. The summed E-state index contributed by atoms with van der Waals surface area (Å²) in [5.74, 6) is -0.107. The van der Waals surface area contributed by atoms with Crippen molar-refractivity contribution in [1.82, 2.24) is 25.5 Å². The Labute approximate surface area is 168 Å². The number of aromatic nitrogens is 2. The van der Waals surface area contributed by atoms with Crippen LogP contribution in [-0.4, -0.2) is 52.9 Å². The van der Waals surface area contributed by atoms with Gasteiger partial charge in [0.05, 0.1) is 5.56 Å². The Kier molecular flexibility index (Phi) is 4.32. The van der Waals surface area contributed by atoms with Crippen LogP contribution in [0.4, 0.5) is 0 Å². The van der Waals surface area contributed by atoms with E-state index in [1.807, 2.05) is 30.5 Å². The van der Waals surface area contributed by atoms with Gasteiger partial charge in [0.15, 0.2) is 0 Å². The van der Waals surface area contributed by atoms with E-state index >= 15 is 0 Å². The van der Waals surface area contributed by atoms with Crippen molar-refractivity contribution >= 4 is 22.8 Å². The molecule has 2 aromatic heterocycles. The Morgan fingerprint density at radius 2 is 2.03 bits per heavy atom. The molecule has 29 heavy (non-hydrogen) atoms. The molecule has 3 N–H and O–H groups in total. The molecule has 7 heteroatoms. The first-order valence-electron chi connectivity index (χ1n) is 9.96. The van der Waals surface area contributed by atoms with Crippen LogP contribution in [-0.2, 0) is 6.54 Å². The molecule has 2 aliphatic rings. The molecule has 1 saturated heterocycles. The molecule has 1 fully saturated rings. The van der Waals surface area contributed by atoms with E-state index in [-0.39, 0.29) is 17.9 Å². The number of piperidine rings is 1. The zero-order valence-corrected chi connectivity index (χ0v) is 16.3. The number of nitrogens with one attached hydrogen (secondary N) is 3. The van der Waals surface area contributed by atoms with E-state index in [2.05, 4.69) is 32.5 Å². The molecule has 1 aromatic carbocycles. The lowest BCUT2D eigenvalue weighted by molar-refractivity contribution is 0.0915. The number of benzene rings is 1. The van der Waals surface area contributed by atoms with Crippen LogP contribution in [0.3, 0.4) is 0 Å².